The fourth-order valence-electron chi connectivity index (χ4n) is 1.92. The van der Waals surface area contributed by atoms with Crippen molar-refractivity contribution in [2.45, 2.75) is 6.42 Å². The van der Waals surface area contributed by atoms with Gasteiger partial charge in [-0.2, -0.15) is 0 Å². The molecule has 0 saturated heterocycles. The highest BCUT2D eigenvalue weighted by Gasteiger charge is 2.07. The Morgan fingerprint density at radius 2 is 1.71 bits per heavy atom. The van der Waals surface area contributed by atoms with Gasteiger partial charge in [0.15, 0.2) is 0 Å². The van der Waals surface area contributed by atoms with Crippen molar-refractivity contribution in [1.29, 1.82) is 0 Å². The monoisotopic (exact) mass is 283 g/mol. The average molecular weight is 283 g/mol. The van der Waals surface area contributed by atoms with Gasteiger partial charge in [0.2, 0.25) is 5.91 Å². The lowest BCUT2D eigenvalue weighted by Gasteiger charge is -2.08. The molecule has 0 radical (unpaired) electrons. The van der Waals surface area contributed by atoms with Crippen molar-refractivity contribution in [1.82, 2.24) is 5.32 Å². The maximum Gasteiger partial charge on any atom is 0.251 e. The highest BCUT2D eigenvalue weighted by molar-refractivity contribution is 5.96. The third-order valence-electron chi connectivity index (χ3n) is 3.06. The van der Waals surface area contributed by atoms with E-state index < -0.39 is 0 Å². The summed E-state index contributed by atoms with van der Waals surface area (Å²) in [4.78, 5) is 23.4. The third kappa shape index (κ3) is 3.82. The van der Waals surface area contributed by atoms with E-state index >= 15 is 0 Å². The lowest BCUT2D eigenvalue weighted by Crippen LogP contribution is -2.18. The summed E-state index contributed by atoms with van der Waals surface area (Å²) in [6.45, 7) is 0. The number of amides is 2. The second-order valence-electron chi connectivity index (χ2n) is 4.58. The van der Waals surface area contributed by atoms with Crippen molar-refractivity contribution < 1.29 is 9.59 Å². The van der Waals surface area contributed by atoms with Gasteiger partial charge in [0, 0.05) is 24.0 Å². The van der Waals surface area contributed by atoms with Crippen LogP contribution in [0.15, 0.2) is 48.5 Å². The summed E-state index contributed by atoms with van der Waals surface area (Å²) in [5, 5.41) is 5.32. The van der Waals surface area contributed by atoms with Gasteiger partial charge in [-0.3, -0.25) is 9.59 Å². The number of para-hydroxylation sites is 1. The van der Waals surface area contributed by atoms with E-state index in [1.54, 1.807) is 37.4 Å². The molecule has 0 saturated carbocycles. The molecule has 2 rings (SSSR count). The summed E-state index contributed by atoms with van der Waals surface area (Å²) < 4.78 is 0. The molecule has 21 heavy (non-hydrogen) atoms. The summed E-state index contributed by atoms with van der Waals surface area (Å²) in [5.74, 6) is -0.314. The molecule has 0 atom stereocenters. The second kappa shape index (κ2) is 6.56. The SMILES string of the molecule is CNC(=O)c1ccc(NC(=O)Cc2ccccc2N)cc1. The van der Waals surface area contributed by atoms with Gasteiger partial charge >= 0.3 is 0 Å². The Morgan fingerprint density at radius 1 is 1.05 bits per heavy atom. The molecule has 4 N–H and O–H groups in total. The third-order valence-corrected chi connectivity index (χ3v) is 3.06. The van der Waals surface area contributed by atoms with Gasteiger partial charge in [-0.15, -0.1) is 0 Å². The van der Waals surface area contributed by atoms with Crippen molar-refractivity contribution in [3.63, 3.8) is 0 Å². The van der Waals surface area contributed by atoms with Gasteiger partial charge in [0.25, 0.3) is 5.91 Å². The zero-order valence-corrected chi connectivity index (χ0v) is 11.7. The molecule has 5 nitrogen and oxygen atoms in total. The first-order valence-electron chi connectivity index (χ1n) is 6.55. The molecule has 2 aromatic rings. The van der Waals surface area contributed by atoms with E-state index in [-0.39, 0.29) is 18.2 Å². The number of nitrogen functional groups attached to an aromatic ring is 1. The molecule has 0 aromatic heterocycles. The van der Waals surface area contributed by atoms with Crippen LogP contribution in [-0.2, 0) is 11.2 Å². The molecule has 0 heterocycles. The molecule has 2 aromatic carbocycles. The minimum Gasteiger partial charge on any atom is -0.398 e. The van der Waals surface area contributed by atoms with Crippen LogP contribution in [0, 0.1) is 0 Å². The van der Waals surface area contributed by atoms with E-state index in [1.165, 1.54) is 0 Å². The predicted octanol–water partition coefficient (Wildman–Crippen LogP) is 1.81. The molecular formula is C16H17N3O2. The van der Waals surface area contributed by atoms with Crippen LogP contribution in [0.4, 0.5) is 11.4 Å². The molecular weight excluding hydrogens is 266 g/mol. The number of carbonyl (C=O) groups excluding carboxylic acids is 2. The molecule has 2 amide bonds. The van der Waals surface area contributed by atoms with Crippen LogP contribution >= 0.6 is 0 Å². The highest BCUT2D eigenvalue weighted by Crippen LogP contribution is 2.13. The molecule has 0 bridgehead atoms. The minimum absolute atomic E-state index is 0.152. The van der Waals surface area contributed by atoms with Gasteiger partial charge < -0.3 is 16.4 Å². The Balaban J connectivity index is 2.00. The van der Waals surface area contributed by atoms with E-state index in [0.29, 0.717) is 16.9 Å². The number of hydrogen-bond acceptors (Lipinski definition) is 3. The molecule has 0 aliphatic rings. The summed E-state index contributed by atoms with van der Waals surface area (Å²) in [7, 11) is 1.57. The number of nitrogens with two attached hydrogens (primary N) is 1. The summed E-state index contributed by atoms with van der Waals surface area (Å²) in [6, 6.07) is 14.0. The van der Waals surface area contributed by atoms with Crippen LogP contribution in [0.2, 0.25) is 0 Å². The molecule has 0 fully saturated rings. The van der Waals surface area contributed by atoms with Gasteiger partial charge in [-0.05, 0) is 35.9 Å². The van der Waals surface area contributed by atoms with E-state index in [2.05, 4.69) is 10.6 Å². The molecule has 0 unspecified atom stereocenters. The van der Waals surface area contributed by atoms with Crippen molar-refractivity contribution in [2.24, 2.45) is 0 Å². The quantitative estimate of drug-likeness (QED) is 0.748. The van der Waals surface area contributed by atoms with Gasteiger partial charge in [0.05, 0.1) is 6.42 Å². The Hall–Kier alpha value is -2.82. The van der Waals surface area contributed by atoms with E-state index in [9.17, 15) is 9.59 Å². The van der Waals surface area contributed by atoms with Crippen LogP contribution < -0.4 is 16.4 Å². The normalized spacial score (nSPS) is 9.95. The van der Waals surface area contributed by atoms with Gasteiger partial charge in [0.1, 0.15) is 0 Å². The van der Waals surface area contributed by atoms with Crippen molar-refractivity contribution in [2.75, 3.05) is 18.1 Å². The van der Waals surface area contributed by atoms with Crippen LogP contribution in [0.1, 0.15) is 15.9 Å². The first-order chi connectivity index (χ1) is 10.1. The van der Waals surface area contributed by atoms with E-state index in [4.69, 9.17) is 5.73 Å². The standard InChI is InChI=1S/C16H17N3O2/c1-18-16(21)11-6-8-13(9-7-11)19-15(20)10-12-4-2-3-5-14(12)17/h2-9H,10,17H2,1H3,(H,18,21)(H,19,20). The fourth-order valence-corrected chi connectivity index (χ4v) is 1.92. The average Bonchev–Trinajstić information content (AvgIpc) is 2.49. The van der Waals surface area contributed by atoms with Gasteiger partial charge in [-0.25, -0.2) is 0 Å². The highest BCUT2D eigenvalue weighted by atomic mass is 16.2. The molecule has 0 aliphatic carbocycles. The Labute approximate surface area is 123 Å². The number of hydrogen-bond donors (Lipinski definition) is 3. The zero-order valence-electron chi connectivity index (χ0n) is 11.7. The topological polar surface area (TPSA) is 84.2 Å². The smallest absolute Gasteiger partial charge is 0.251 e. The zero-order chi connectivity index (χ0) is 15.2. The van der Waals surface area contributed by atoms with Crippen LogP contribution in [0.3, 0.4) is 0 Å². The Kier molecular flexibility index (Phi) is 4.56. The first-order valence-corrected chi connectivity index (χ1v) is 6.55. The summed E-state index contributed by atoms with van der Waals surface area (Å²) in [5.41, 5.74) is 8.38. The molecule has 0 aliphatic heterocycles. The van der Waals surface area contributed by atoms with E-state index in [0.717, 1.165) is 5.56 Å². The van der Waals surface area contributed by atoms with Crippen LogP contribution in [0.5, 0.6) is 0 Å². The summed E-state index contributed by atoms with van der Waals surface area (Å²) in [6.07, 6.45) is 0.212. The predicted molar refractivity (Wildman–Crippen MR) is 83.0 cm³/mol. The van der Waals surface area contributed by atoms with Crippen LogP contribution in [0.25, 0.3) is 0 Å². The number of nitrogens with one attached hydrogen (secondary N) is 2. The minimum atomic E-state index is -0.162. The molecule has 0 spiro atoms. The lowest BCUT2D eigenvalue weighted by molar-refractivity contribution is -0.115. The molecule has 108 valence electrons. The lowest BCUT2D eigenvalue weighted by atomic mass is 10.1. The second-order valence-corrected chi connectivity index (χ2v) is 4.58. The van der Waals surface area contributed by atoms with Crippen molar-refractivity contribution in [3.8, 4) is 0 Å². The summed E-state index contributed by atoms with van der Waals surface area (Å²) >= 11 is 0. The van der Waals surface area contributed by atoms with E-state index in [1.807, 2.05) is 18.2 Å². The van der Waals surface area contributed by atoms with Crippen LogP contribution in [-0.4, -0.2) is 18.9 Å². The Bertz CT molecular complexity index is 651. The Morgan fingerprint density at radius 3 is 2.33 bits per heavy atom. The number of anilines is 2. The maximum atomic E-state index is 12.0. The van der Waals surface area contributed by atoms with Gasteiger partial charge in [-0.1, -0.05) is 18.2 Å². The molecule has 5 heteroatoms. The fraction of sp³-hybridized carbons (Fsp3) is 0.125. The number of carbonyl (C=O) groups is 2. The maximum absolute atomic E-state index is 12.0. The van der Waals surface area contributed by atoms with Crippen molar-refractivity contribution in [3.05, 3.63) is 59.7 Å². The van der Waals surface area contributed by atoms with Crippen molar-refractivity contribution >= 4 is 23.2 Å². The number of rotatable bonds is 4. The largest absolute Gasteiger partial charge is 0.398 e. The number of benzene rings is 2. The first kappa shape index (κ1) is 14.6.